The molecule has 1 aromatic rings. The van der Waals surface area contributed by atoms with Crippen molar-refractivity contribution in [2.75, 3.05) is 0 Å². The first kappa shape index (κ1) is 46.1. The van der Waals surface area contributed by atoms with Crippen LogP contribution in [-0.2, 0) is 25.6 Å². The number of nitrogens with zero attached hydrogens (tertiary/aromatic N) is 4. The van der Waals surface area contributed by atoms with Crippen LogP contribution in [0.25, 0.3) is 12.2 Å². The van der Waals surface area contributed by atoms with E-state index in [9.17, 15) is 39.6 Å². The molecule has 0 aliphatic carbocycles. The van der Waals surface area contributed by atoms with Gasteiger partial charge in [-0.2, -0.15) is 0 Å². The van der Waals surface area contributed by atoms with Gasteiger partial charge in [-0.3, -0.25) is 19.2 Å². The Morgan fingerprint density at radius 2 is 1.19 bits per heavy atom. The van der Waals surface area contributed by atoms with Gasteiger partial charge in [0.1, 0.15) is 5.82 Å². The summed E-state index contributed by atoms with van der Waals surface area (Å²) in [5.41, 5.74) is 4.72. The quantitative estimate of drug-likeness (QED) is 0.110. The zero-order valence-corrected chi connectivity index (χ0v) is 33.6. The fourth-order valence-electron chi connectivity index (χ4n) is 6.41. The van der Waals surface area contributed by atoms with Crippen LogP contribution in [0.5, 0.6) is 0 Å². The molecule has 1 unspecified atom stereocenters. The first-order chi connectivity index (χ1) is 22.6. The Kier molecular flexibility index (Phi) is 16.6. The number of halogens is 3. The molecule has 8 bridgehead atoms. The summed E-state index contributed by atoms with van der Waals surface area (Å²) in [6.45, 7) is 7.44. The predicted molar refractivity (Wildman–Crippen MR) is 184 cm³/mol. The molecule has 4 aliphatic rings. The van der Waals surface area contributed by atoms with Crippen molar-refractivity contribution in [3.63, 3.8) is 0 Å². The van der Waals surface area contributed by atoms with Crippen molar-refractivity contribution in [2.45, 2.75) is 91.0 Å². The van der Waals surface area contributed by atoms with Gasteiger partial charge in [0.25, 0.3) is 0 Å². The molecule has 4 aliphatic heterocycles. The molecule has 276 valence electrons. The van der Waals surface area contributed by atoms with Crippen LogP contribution in [0, 0.1) is 6.92 Å². The number of rotatable bonds is 12. The smallest absolute Gasteiger partial charge is 1.00 e. The zero-order valence-electron chi connectivity index (χ0n) is 28.9. The van der Waals surface area contributed by atoms with Crippen molar-refractivity contribution in [1.29, 1.82) is 0 Å². The topological polar surface area (TPSA) is 226 Å². The molecule has 1 atom stereocenters. The normalized spacial score (nSPS) is 18.5. The summed E-state index contributed by atoms with van der Waals surface area (Å²) in [6, 6.07) is 0. The molecule has 0 fully saturated rings. The van der Waals surface area contributed by atoms with Crippen LogP contribution in [0.3, 0.4) is 0 Å². The average Bonchev–Trinajstić information content (AvgIpc) is 3.65. The number of fused-ring (bicyclic) bond motifs is 6. The van der Waals surface area contributed by atoms with Crippen LogP contribution in [-0.4, -0.2) is 97.8 Å². The van der Waals surface area contributed by atoms with Crippen LogP contribution in [0.15, 0.2) is 53.7 Å². The summed E-state index contributed by atoms with van der Waals surface area (Å²) < 4.78 is 0. The van der Waals surface area contributed by atoms with E-state index in [1.54, 1.807) is 19.9 Å². The van der Waals surface area contributed by atoms with Crippen molar-refractivity contribution in [3.05, 3.63) is 55.5 Å². The number of carboxylic acids is 4. The third-order valence-corrected chi connectivity index (χ3v) is 8.94. The summed E-state index contributed by atoms with van der Waals surface area (Å²) in [4.78, 5) is 68.9. The average molecular weight is 835 g/mol. The van der Waals surface area contributed by atoms with Gasteiger partial charge in [0.05, 0.1) is 11.3 Å². The molecule has 0 aromatic carbocycles. The first-order valence-corrected chi connectivity index (χ1v) is 15.7. The summed E-state index contributed by atoms with van der Waals surface area (Å²) in [5, 5.41) is 42.7. The van der Waals surface area contributed by atoms with Crippen molar-refractivity contribution < 1.29 is 76.8 Å². The van der Waals surface area contributed by atoms with E-state index in [-0.39, 0.29) is 114 Å². The minimum Gasteiger partial charge on any atom is -1.00 e. The fourth-order valence-corrected chi connectivity index (χ4v) is 6.41. The number of hydrogen-bond acceptors (Lipinski definition) is 9. The zero-order chi connectivity index (χ0) is 34.9. The second kappa shape index (κ2) is 18.7. The first-order valence-electron chi connectivity index (χ1n) is 15.7. The number of aromatic amines is 1. The molecule has 5 rings (SSSR count). The van der Waals surface area contributed by atoms with Crippen LogP contribution in [0.4, 0.5) is 0 Å². The van der Waals surface area contributed by atoms with E-state index in [1.807, 2.05) is 19.9 Å². The molecule has 0 amide bonds. The SMILES string of the molecule is CC1=C(CCC(=O)O)C2=NC1=NC1=NC(=NC3=C(CCC(=O)O)CC(C)(C=c4[nH]c(c(CCC(=O)O)c4C)=C2)N3)C(CCC(=O)O)=C1C.[Cl-].[Cl-].[Cl-].[Ga+3]. The van der Waals surface area contributed by atoms with Gasteiger partial charge in [0, 0.05) is 47.5 Å². The minimum atomic E-state index is -0.985. The summed E-state index contributed by atoms with van der Waals surface area (Å²) in [5.74, 6) is -2.52. The van der Waals surface area contributed by atoms with E-state index in [0.29, 0.717) is 57.3 Å². The van der Waals surface area contributed by atoms with Gasteiger partial charge in [0.2, 0.25) is 0 Å². The number of amidine groups is 3. The molecular formula is C34H38Cl3GaN6O8. The molecule has 0 spiro atoms. The Bertz CT molecular complexity index is 2010. The standard InChI is InChI=1S/C34H38N6O8.3ClH.Ga/c1-16-20(6-10-27(43)44)23-13-24-21(7-11-28(45)46)17(2)30(36-24)37-31-18(3)22(8-12-29(47)48)33(38-31)39-32-19(5-9-26(41)42)14-34(4,40-32)15-25(16)35-23;;;;/h13,15,35,40H,5-12,14H2,1-4H3,(H,41,42)(H,43,44)(H,45,46)(H,47,48);3*1H;/q;;;;+3/p-3. The molecule has 5 heterocycles. The minimum absolute atomic E-state index is 0. The monoisotopic (exact) mass is 832 g/mol. The van der Waals surface area contributed by atoms with Crippen LogP contribution < -0.4 is 53.2 Å². The third kappa shape index (κ3) is 10.4. The van der Waals surface area contributed by atoms with Gasteiger partial charge >= 0.3 is 43.7 Å². The predicted octanol–water partition coefficient (Wildman–Crippen LogP) is -6.60. The Balaban J connectivity index is 0.00000338. The van der Waals surface area contributed by atoms with Gasteiger partial charge in [-0.25, -0.2) is 20.0 Å². The molecule has 52 heavy (non-hydrogen) atoms. The molecule has 1 aromatic heterocycles. The maximum absolute atomic E-state index is 11.6. The Morgan fingerprint density at radius 3 is 1.79 bits per heavy atom. The summed E-state index contributed by atoms with van der Waals surface area (Å²) in [6.07, 6.45) is 4.49. The number of allylic oxidation sites excluding steroid dienone is 1. The molecular weight excluding hydrogens is 796 g/mol. The number of nitrogens with one attached hydrogen (secondary N) is 2. The molecule has 14 nitrogen and oxygen atoms in total. The van der Waals surface area contributed by atoms with E-state index in [0.717, 1.165) is 22.0 Å². The maximum atomic E-state index is 11.6. The molecule has 18 heteroatoms. The van der Waals surface area contributed by atoms with Crippen LogP contribution in [0.1, 0.15) is 83.3 Å². The Hall–Kier alpha value is -3.89. The van der Waals surface area contributed by atoms with E-state index in [2.05, 4.69) is 10.3 Å². The van der Waals surface area contributed by atoms with Gasteiger partial charge in [-0.1, -0.05) is 0 Å². The summed E-state index contributed by atoms with van der Waals surface area (Å²) >= 11 is 0. The number of hydrogen-bond donors (Lipinski definition) is 6. The van der Waals surface area contributed by atoms with Gasteiger partial charge in [-0.05, 0) is 99.8 Å². The fraction of sp³-hybridized carbons (Fsp3) is 0.412. The van der Waals surface area contributed by atoms with Crippen molar-refractivity contribution in [3.8, 4) is 0 Å². The molecule has 0 radical (unpaired) electrons. The van der Waals surface area contributed by atoms with Crippen LogP contribution >= 0.6 is 0 Å². The molecule has 0 saturated heterocycles. The van der Waals surface area contributed by atoms with E-state index >= 15 is 0 Å². The number of aromatic nitrogens is 1. The summed E-state index contributed by atoms with van der Waals surface area (Å²) in [7, 11) is 0. The largest absolute Gasteiger partial charge is 3.00 e. The number of aliphatic carboxylic acids is 4. The Morgan fingerprint density at radius 1 is 0.692 bits per heavy atom. The Labute approximate surface area is 331 Å². The third-order valence-electron chi connectivity index (χ3n) is 8.94. The van der Waals surface area contributed by atoms with Crippen molar-refractivity contribution in [1.82, 2.24) is 10.3 Å². The van der Waals surface area contributed by atoms with E-state index in [1.165, 1.54) is 0 Å². The van der Waals surface area contributed by atoms with Crippen molar-refractivity contribution in [2.24, 2.45) is 20.0 Å². The number of H-pyrrole nitrogens is 1. The second-order valence-electron chi connectivity index (χ2n) is 12.6. The van der Waals surface area contributed by atoms with E-state index in [4.69, 9.17) is 20.0 Å². The number of aliphatic imine (C=N–C) groups is 4. The molecule has 6 N–H and O–H groups in total. The molecule has 0 saturated carbocycles. The van der Waals surface area contributed by atoms with Gasteiger partial charge in [0.15, 0.2) is 17.5 Å². The maximum Gasteiger partial charge on any atom is 3.00 e. The van der Waals surface area contributed by atoms with Gasteiger partial charge < -0.3 is 67.9 Å². The van der Waals surface area contributed by atoms with Crippen LogP contribution in [0.2, 0.25) is 0 Å². The van der Waals surface area contributed by atoms with Gasteiger partial charge in [-0.15, -0.1) is 0 Å². The van der Waals surface area contributed by atoms with E-state index < -0.39 is 29.4 Å². The number of carbonyl (C=O) groups is 4. The second-order valence-corrected chi connectivity index (χ2v) is 12.6. The number of carboxylic acid groups (broad SMARTS) is 4. The van der Waals surface area contributed by atoms with Crippen molar-refractivity contribution >= 4 is 79.0 Å².